The predicted octanol–water partition coefficient (Wildman–Crippen LogP) is 1.80. The fourth-order valence-corrected chi connectivity index (χ4v) is 2.52. The summed E-state index contributed by atoms with van der Waals surface area (Å²) in [6, 6.07) is 0. The van der Waals surface area contributed by atoms with E-state index in [-0.39, 0.29) is 11.8 Å². The van der Waals surface area contributed by atoms with Crippen LogP contribution in [0, 0.1) is 0 Å². The Kier molecular flexibility index (Phi) is 5.61. The second kappa shape index (κ2) is 6.75. The molecule has 1 aromatic rings. The van der Waals surface area contributed by atoms with Crippen LogP contribution in [0.5, 0.6) is 0 Å². The molecule has 0 aliphatic rings. The van der Waals surface area contributed by atoms with Gasteiger partial charge in [0.1, 0.15) is 4.88 Å². The Morgan fingerprint density at radius 2 is 2.22 bits per heavy atom. The van der Waals surface area contributed by atoms with Gasteiger partial charge >= 0.3 is 0 Å². The zero-order valence-electron chi connectivity index (χ0n) is 10.8. The summed E-state index contributed by atoms with van der Waals surface area (Å²) in [4.78, 5) is 15.0. The lowest BCUT2D eigenvalue weighted by molar-refractivity contribution is 0.0783. The van der Waals surface area contributed by atoms with Crippen molar-refractivity contribution < 1.29 is 4.79 Å². The van der Waals surface area contributed by atoms with Gasteiger partial charge < -0.3 is 10.6 Å². The lowest BCUT2D eigenvalue weighted by atomic mass is 10.1. The highest BCUT2D eigenvalue weighted by Gasteiger charge is 2.23. The Morgan fingerprint density at radius 3 is 2.72 bits per heavy atom. The minimum atomic E-state index is -0.0802. The van der Waals surface area contributed by atoms with Crippen molar-refractivity contribution in [1.29, 1.82) is 0 Å². The van der Waals surface area contributed by atoms with Crippen LogP contribution in [0.1, 0.15) is 48.5 Å². The van der Waals surface area contributed by atoms with E-state index in [0.29, 0.717) is 23.0 Å². The molecule has 7 heteroatoms. The van der Waals surface area contributed by atoms with Crippen LogP contribution in [0.15, 0.2) is 0 Å². The number of thiocarbonyl (C=S) groups is 1. The summed E-state index contributed by atoms with van der Waals surface area (Å²) < 4.78 is 3.87. The van der Waals surface area contributed by atoms with Crippen LogP contribution in [0.4, 0.5) is 0 Å². The quantitative estimate of drug-likeness (QED) is 0.807. The molecule has 0 unspecified atom stereocenters. The van der Waals surface area contributed by atoms with Gasteiger partial charge in [0.15, 0.2) is 0 Å². The van der Waals surface area contributed by atoms with Gasteiger partial charge in [-0.2, -0.15) is 0 Å². The molecular weight excluding hydrogens is 268 g/mol. The van der Waals surface area contributed by atoms with Crippen LogP contribution in [0.25, 0.3) is 0 Å². The summed E-state index contributed by atoms with van der Waals surface area (Å²) in [6.07, 6.45) is 0.859. The first-order valence-corrected chi connectivity index (χ1v) is 7.05. The molecule has 0 saturated heterocycles. The van der Waals surface area contributed by atoms with Crippen molar-refractivity contribution in [2.45, 2.75) is 33.1 Å². The van der Waals surface area contributed by atoms with Gasteiger partial charge in [-0.3, -0.25) is 4.79 Å². The van der Waals surface area contributed by atoms with Crippen LogP contribution in [0.3, 0.4) is 0 Å². The molecule has 0 aromatic carbocycles. The Balaban J connectivity index is 2.94. The average molecular weight is 286 g/mol. The van der Waals surface area contributed by atoms with Gasteiger partial charge in [-0.1, -0.05) is 37.5 Å². The number of amides is 1. The molecule has 0 saturated carbocycles. The van der Waals surface area contributed by atoms with Gasteiger partial charge in [0, 0.05) is 6.54 Å². The van der Waals surface area contributed by atoms with E-state index >= 15 is 0 Å². The first kappa shape index (κ1) is 15.0. The van der Waals surface area contributed by atoms with Crippen LogP contribution < -0.4 is 5.73 Å². The van der Waals surface area contributed by atoms with E-state index in [1.165, 1.54) is 0 Å². The lowest BCUT2D eigenvalue weighted by Crippen LogP contribution is -2.38. The maximum absolute atomic E-state index is 12.4. The van der Waals surface area contributed by atoms with E-state index in [4.69, 9.17) is 18.0 Å². The molecule has 0 fully saturated rings. The molecule has 100 valence electrons. The molecule has 0 aliphatic carbocycles. The van der Waals surface area contributed by atoms with Gasteiger partial charge in [0.05, 0.1) is 17.2 Å². The van der Waals surface area contributed by atoms with Crippen LogP contribution in [0.2, 0.25) is 0 Å². The molecule has 1 aromatic heterocycles. The van der Waals surface area contributed by atoms with Crippen molar-refractivity contribution >= 4 is 34.6 Å². The zero-order chi connectivity index (χ0) is 13.7. The first-order chi connectivity index (χ1) is 8.47. The molecule has 0 radical (unpaired) electrons. The Bertz CT molecular complexity index is 430. The molecule has 0 atom stereocenters. The number of hydrogen-bond acceptors (Lipinski definition) is 5. The molecule has 5 nitrogen and oxygen atoms in total. The van der Waals surface area contributed by atoms with E-state index < -0.39 is 0 Å². The summed E-state index contributed by atoms with van der Waals surface area (Å²) in [7, 11) is 0. The first-order valence-electron chi connectivity index (χ1n) is 5.87. The summed E-state index contributed by atoms with van der Waals surface area (Å²) in [6.45, 7) is 6.92. The number of aromatic nitrogens is 2. The maximum atomic E-state index is 12.4. The smallest absolute Gasteiger partial charge is 0.267 e. The van der Waals surface area contributed by atoms with Gasteiger partial charge in [-0.25, -0.2) is 0 Å². The summed E-state index contributed by atoms with van der Waals surface area (Å²) in [5.41, 5.74) is 6.27. The number of hydrogen-bond donors (Lipinski definition) is 1. The normalized spacial score (nSPS) is 10.7. The molecule has 1 heterocycles. The minimum Gasteiger partial charge on any atom is -0.392 e. The van der Waals surface area contributed by atoms with Crippen molar-refractivity contribution in [3.63, 3.8) is 0 Å². The monoisotopic (exact) mass is 286 g/mol. The molecule has 0 aliphatic heterocycles. The summed E-state index contributed by atoms with van der Waals surface area (Å²) in [5, 5.41) is 4.02. The standard InChI is InChI=1S/C11H18N4OS2/c1-4-5-15(6-8(12)17)11(16)10-9(7(2)3)13-14-18-10/h7H,4-6H2,1-3H3,(H2,12,17). The van der Waals surface area contributed by atoms with Crippen molar-refractivity contribution in [3.8, 4) is 0 Å². The molecule has 0 bridgehead atoms. The highest BCUT2D eigenvalue weighted by Crippen LogP contribution is 2.21. The molecule has 1 rings (SSSR count). The Labute approximate surface area is 117 Å². The van der Waals surface area contributed by atoms with Gasteiger partial charge in [-0.15, -0.1) is 5.10 Å². The number of carbonyl (C=O) groups excluding carboxylic acids is 1. The summed E-state index contributed by atoms with van der Waals surface area (Å²) in [5.74, 6) is 0.0966. The van der Waals surface area contributed by atoms with E-state index in [1.807, 2.05) is 20.8 Å². The maximum Gasteiger partial charge on any atom is 0.267 e. The average Bonchev–Trinajstić information content (AvgIpc) is 2.75. The number of nitrogens with two attached hydrogens (primary N) is 1. The van der Waals surface area contributed by atoms with Crippen molar-refractivity contribution in [2.75, 3.05) is 13.1 Å². The van der Waals surface area contributed by atoms with E-state index in [1.54, 1.807) is 4.90 Å². The molecule has 18 heavy (non-hydrogen) atoms. The largest absolute Gasteiger partial charge is 0.392 e. The van der Waals surface area contributed by atoms with E-state index in [0.717, 1.165) is 23.6 Å². The molecular formula is C11H18N4OS2. The molecule has 2 N–H and O–H groups in total. The highest BCUT2D eigenvalue weighted by molar-refractivity contribution is 7.80. The van der Waals surface area contributed by atoms with Gasteiger partial charge in [0.2, 0.25) is 0 Å². The number of nitrogens with zero attached hydrogens (tertiary/aromatic N) is 3. The van der Waals surface area contributed by atoms with Crippen molar-refractivity contribution in [3.05, 3.63) is 10.6 Å². The van der Waals surface area contributed by atoms with Crippen LogP contribution >= 0.6 is 23.8 Å². The highest BCUT2D eigenvalue weighted by atomic mass is 32.1. The second-order valence-electron chi connectivity index (χ2n) is 4.34. The predicted molar refractivity (Wildman–Crippen MR) is 77.0 cm³/mol. The van der Waals surface area contributed by atoms with Gasteiger partial charge in [-0.05, 0) is 23.9 Å². The second-order valence-corrected chi connectivity index (χ2v) is 5.61. The minimum absolute atomic E-state index is 0.0802. The van der Waals surface area contributed by atoms with Crippen LogP contribution in [-0.2, 0) is 0 Å². The van der Waals surface area contributed by atoms with E-state index in [2.05, 4.69) is 9.59 Å². The third kappa shape index (κ3) is 3.71. The SMILES string of the molecule is CCCN(CC(N)=S)C(=O)c1snnc1C(C)C. The lowest BCUT2D eigenvalue weighted by Gasteiger charge is -2.21. The molecule has 0 spiro atoms. The number of rotatable bonds is 6. The van der Waals surface area contributed by atoms with Crippen LogP contribution in [-0.4, -0.2) is 38.5 Å². The fourth-order valence-electron chi connectivity index (χ4n) is 1.58. The van der Waals surface area contributed by atoms with Gasteiger partial charge in [0.25, 0.3) is 5.91 Å². The van der Waals surface area contributed by atoms with Crippen molar-refractivity contribution in [2.24, 2.45) is 5.73 Å². The topological polar surface area (TPSA) is 72.1 Å². The third-order valence-corrected chi connectivity index (χ3v) is 3.24. The zero-order valence-corrected chi connectivity index (χ0v) is 12.5. The molecule has 1 amide bonds. The third-order valence-electron chi connectivity index (χ3n) is 2.38. The Morgan fingerprint density at radius 1 is 1.56 bits per heavy atom. The fraction of sp³-hybridized carbons (Fsp3) is 0.636. The van der Waals surface area contributed by atoms with E-state index in [9.17, 15) is 4.79 Å². The number of carbonyl (C=O) groups is 1. The summed E-state index contributed by atoms with van der Waals surface area (Å²) >= 11 is 6.01. The Hall–Kier alpha value is -1.08. The van der Waals surface area contributed by atoms with Crippen molar-refractivity contribution in [1.82, 2.24) is 14.5 Å².